The van der Waals surface area contributed by atoms with E-state index in [1.807, 2.05) is 44.2 Å². The molecule has 7 nitrogen and oxygen atoms in total. The Labute approximate surface area is 207 Å². The molecule has 2 aromatic heterocycles. The van der Waals surface area contributed by atoms with Crippen molar-refractivity contribution in [2.24, 2.45) is 5.10 Å². The molecule has 2 amide bonds. The smallest absolute Gasteiger partial charge is 0.291 e. The Kier molecular flexibility index (Phi) is 6.09. The quantitative estimate of drug-likeness (QED) is 0.355. The number of aromatic nitrogens is 1. The molecule has 0 spiro atoms. The Morgan fingerprint density at radius 2 is 1.86 bits per heavy atom. The summed E-state index contributed by atoms with van der Waals surface area (Å²) in [5.41, 5.74) is 7.32. The third-order valence-corrected chi connectivity index (χ3v) is 6.33. The van der Waals surface area contributed by atoms with Crippen molar-refractivity contribution in [1.82, 2.24) is 10.4 Å². The SMILES string of the molecule is Cc1cc(Cl)ccc1NC(=O)c1oc2c(c1C)/C(=N/NC(=O)c1ccc3ccccc3n1)CCC2. The molecule has 0 unspecified atom stereocenters. The number of nitrogens with one attached hydrogen (secondary N) is 2. The van der Waals surface area contributed by atoms with Crippen LogP contribution in [0.15, 0.2) is 64.1 Å². The first-order valence-corrected chi connectivity index (χ1v) is 11.7. The minimum atomic E-state index is -0.396. The molecule has 2 N–H and O–H groups in total. The highest BCUT2D eigenvalue weighted by Gasteiger charge is 2.28. The van der Waals surface area contributed by atoms with Gasteiger partial charge in [0.2, 0.25) is 0 Å². The molecule has 176 valence electrons. The number of para-hydroxylation sites is 1. The number of hydrogen-bond donors (Lipinski definition) is 2. The molecule has 35 heavy (non-hydrogen) atoms. The second-order valence-corrected chi connectivity index (χ2v) is 8.95. The van der Waals surface area contributed by atoms with Crippen LogP contribution in [0, 0.1) is 13.8 Å². The molecular weight excluding hydrogens is 464 g/mol. The normalized spacial score (nSPS) is 14.1. The maximum Gasteiger partial charge on any atom is 0.291 e. The third-order valence-electron chi connectivity index (χ3n) is 6.09. The minimum absolute atomic E-state index is 0.237. The van der Waals surface area contributed by atoms with Gasteiger partial charge >= 0.3 is 0 Å². The van der Waals surface area contributed by atoms with Crippen LogP contribution >= 0.6 is 11.6 Å². The summed E-state index contributed by atoms with van der Waals surface area (Å²) in [5, 5.41) is 8.85. The molecule has 1 aliphatic rings. The number of fused-ring (bicyclic) bond motifs is 2. The van der Waals surface area contributed by atoms with Crippen molar-refractivity contribution in [3.63, 3.8) is 0 Å². The first kappa shape index (κ1) is 22.8. The summed E-state index contributed by atoms with van der Waals surface area (Å²) >= 11 is 6.02. The van der Waals surface area contributed by atoms with E-state index in [-0.39, 0.29) is 17.4 Å². The van der Waals surface area contributed by atoms with Crippen molar-refractivity contribution in [2.75, 3.05) is 5.32 Å². The van der Waals surface area contributed by atoms with Gasteiger partial charge in [0.1, 0.15) is 11.5 Å². The summed E-state index contributed by atoms with van der Waals surface area (Å²) in [6.07, 6.45) is 2.17. The van der Waals surface area contributed by atoms with Gasteiger partial charge in [-0.05, 0) is 62.6 Å². The molecule has 8 heteroatoms. The zero-order valence-electron chi connectivity index (χ0n) is 19.3. The molecule has 2 heterocycles. The first-order valence-electron chi connectivity index (χ1n) is 11.3. The van der Waals surface area contributed by atoms with E-state index in [4.69, 9.17) is 16.0 Å². The van der Waals surface area contributed by atoms with Gasteiger partial charge in [-0.2, -0.15) is 5.10 Å². The lowest BCUT2D eigenvalue weighted by molar-refractivity contribution is 0.0949. The molecule has 5 rings (SSSR count). The van der Waals surface area contributed by atoms with E-state index in [9.17, 15) is 9.59 Å². The maximum atomic E-state index is 13.0. The number of carbonyl (C=O) groups excluding carboxylic acids is 2. The number of aryl methyl sites for hydroxylation is 2. The van der Waals surface area contributed by atoms with E-state index in [0.29, 0.717) is 40.6 Å². The second-order valence-electron chi connectivity index (χ2n) is 8.51. The number of halogens is 1. The van der Waals surface area contributed by atoms with Crippen LogP contribution in [-0.2, 0) is 6.42 Å². The van der Waals surface area contributed by atoms with Gasteiger partial charge in [0.05, 0.1) is 11.2 Å². The first-order chi connectivity index (χ1) is 16.9. The fraction of sp³-hybridized carbons (Fsp3) is 0.185. The van der Waals surface area contributed by atoms with Crippen LogP contribution in [0.3, 0.4) is 0 Å². The highest BCUT2D eigenvalue weighted by Crippen LogP contribution is 2.31. The van der Waals surface area contributed by atoms with Crippen LogP contribution in [0.5, 0.6) is 0 Å². The average Bonchev–Trinajstić information content (AvgIpc) is 3.21. The fourth-order valence-electron chi connectivity index (χ4n) is 4.31. The van der Waals surface area contributed by atoms with Crippen LogP contribution in [-0.4, -0.2) is 22.5 Å². The van der Waals surface area contributed by atoms with Crippen molar-refractivity contribution in [1.29, 1.82) is 0 Å². The predicted octanol–water partition coefficient (Wildman–Crippen LogP) is 5.82. The Bertz CT molecular complexity index is 1510. The van der Waals surface area contributed by atoms with E-state index in [2.05, 4.69) is 20.8 Å². The van der Waals surface area contributed by atoms with E-state index >= 15 is 0 Å². The molecule has 0 fully saturated rings. The highest BCUT2D eigenvalue weighted by atomic mass is 35.5. The number of nitrogens with zero attached hydrogens (tertiary/aromatic N) is 2. The molecule has 0 aliphatic heterocycles. The van der Waals surface area contributed by atoms with Crippen molar-refractivity contribution in [2.45, 2.75) is 33.1 Å². The Hall–Kier alpha value is -3.97. The largest absolute Gasteiger partial charge is 0.455 e. The van der Waals surface area contributed by atoms with Gasteiger partial charge in [-0.25, -0.2) is 10.4 Å². The monoisotopic (exact) mass is 486 g/mol. The van der Waals surface area contributed by atoms with Crippen LogP contribution in [0.2, 0.25) is 5.02 Å². The molecule has 2 aromatic carbocycles. The van der Waals surface area contributed by atoms with Crippen LogP contribution < -0.4 is 10.7 Å². The highest BCUT2D eigenvalue weighted by molar-refractivity contribution is 6.30. The van der Waals surface area contributed by atoms with Crippen molar-refractivity contribution in [3.05, 3.63) is 93.5 Å². The summed E-state index contributed by atoms with van der Waals surface area (Å²) < 4.78 is 5.96. The molecule has 0 saturated carbocycles. The number of pyridine rings is 1. The van der Waals surface area contributed by atoms with Crippen LogP contribution in [0.25, 0.3) is 10.9 Å². The lowest BCUT2D eigenvalue weighted by Gasteiger charge is -2.13. The summed E-state index contributed by atoms with van der Waals surface area (Å²) in [6.45, 7) is 3.71. The molecule has 0 saturated heterocycles. The van der Waals surface area contributed by atoms with Gasteiger partial charge in [0, 0.05) is 33.6 Å². The van der Waals surface area contributed by atoms with E-state index < -0.39 is 5.91 Å². The number of hydrazone groups is 1. The summed E-state index contributed by atoms with van der Waals surface area (Å²) in [4.78, 5) is 30.1. The maximum absolute atomic E-state index is 13.0. The number of amides is 2. The van der Waals surface area contributed by atoms with Gasteiger partial charge in [-0.3, -0.25) is 9.59 Å². The molecule has 0 bridgehead atoms. The van der Waals surface area contributed by atoms with Gasteiger partial charge in [-0.1, -0.05) is 35.9 Å². The van der Waals surface area contributed by atoms with Gasteiger partial charge in [0.15, 0.2) is 5.76 Å². The minimum Gasteiger partial charge on any atom is -0.455 e. The molecule has 1 aliphatic carbocycles. The summed E-state index contributed by atoms with van der Waals surface area (Å²) in [6, 6.07) is 16.4. The lowest BCUT2D eigenvalue weighted by Crippen LogP contribution is -2.23. The fourth-order valence-corrected chi connectivity index (χ4v) is 4.54. The van der Waals surface area contributed by atoms with Gasteiger partial charge in [-0.15, -0.1) is 0 Å². The number of anilines is 1. The molecule has 4 aromatic rings. The van der Waals surface area contributed by atoms with Crippen LogP contribution in [0.4, 0.5) is 5.69 Å². The Morgan fingerprint density at radius 3 is 2.69 bits per heavy atom. The van der Waals surface area contributed by atoms with E-state index in [0.717, 1.165) is 28.5 Å². The van der Waals surface area contributed by atoms with Gasteiger partial charge < -0.3 is 9.73 Å². The lowest BCUT2D eigenvalue weighted by atomic mass is 9.93. The Balaban J connectivity index is 1.38. The van der Waals surface area contributed by atoms with Crippen LogP contribution in [0.1, 0.15) is 56.3 Å². The third kappa shape index (κ3) is 4.55. The topological polar surface area (TPSA) is 96.6 Å². The van der Waals surface area contributed by atoms with Gasteiger partial charge in [0.25, 0.3) is 11.8 Å². The number of benzene rings is 2. The zero-order chi connectivity index (χ0) is 24.5. The summed E-state index contributed by atoms with van der Waals surface area (Å²) in [5.74, 6) is 0.198. The summed E-state index contributed by atoms with van der Waals surface area (Å²) in [7, 11) is 0. The van der Waals surface area contributed by atoms with Crippen molar-refractivity contribution < 1.29 is 14.0 Å². The average molecular weight is 487 g/mol. The van der Waals surface area contributed by atoms with E-state index in [1.54, 1.807) is 24.3 Å². The number of carbonyl (C=O) groups is 2. The number of hydrogen-bond acceptors (Lipinski definition) is 5. The number of rotatable bonds is 4. The predicted molar refractivity (Wildman–Crippen MR) is 136 cm³/mol. The van der Waals surface area contributed by atoms with Crippen molar-refractivity contribution >= 4 is 45.7 Å². The molecule has 0 atom stereocenters. The molecule has 0 radical (unpaired) electrons. The standard InChI is InChI=1S/C27H23ClN4O3/c1-15-14-18(28)11-13-19(15)30-27(34)25-16(2)24-21(8-5-9-23(24)35-25)31-32-26(33)22-12-10-17-6-3-4-7-20(17)29-22/h3-4,6-7,10-14H,5,8-9H2,1-2H3,(H,30,34)(H,32,33)/b31-21+. The van der Waals surface area contributed by atoms with Crippen molar-refractivity contribution in [3.8, 4) is 0 Å². The molecular formula is C27H23ClN4O3. The Morgan fingerprint density at radius 1 is 1.03 bits per heavy atom. The zero-order valence-corrected chi connectivity index (χ0v) is 20.1. The second kappa shape index (κ2) is 9.35. The van der Waals surface area contributed by atoms with E-state index in [1.165, 1.54) is 0 Å². The number of furan rings is 1.